The van der Waals surface area contributed by atoms with Gasteiger partial charge in [-0.3, -0.25) is 0 Å². The van der Waals surface area contributed by atoms with Crippen molar-refractivity contribution < 1.29 is 19.8 Å². The summed E-state index contributed by atoms with van der Waals surface area (Å²) in [5.41, 5.74) is 2.45. The standard InChI is InChI=1S/C15H20O4.Ba/c1-8-6-10(15(3,4)5)7-9(2)11(8)12(13(16)17)14(18)19;/h6-7,12H,1-5H3,(H,16,17)(H,18,19);/q;+2/p-2. The second kappa shape index (κ2) is 7.13. The van der Waals surface area contributed by atoms with Gasteiger partial charge in [0, 0.05) is 0 Å². The Morgan fingerprint density at radius 2 is 1.35 bits per heavy atom. The topological polar surface area (TPSA) is 80.3 Å². The minimum atomic E-state index is -1.73. The summed E-state index contributed by atoms with van der Waals surface area (Å²) in [6, 6.07) is 3.64. The molecule has 0 heterocycles. The van der Waals surface area contributed by atoms with Gasteiger partial charge in [-0.1, -0.05) is 32.9 Å². The van der Waals surface area contributed by atoms with Crippen LogP contribution in [0.4, 0.5) is 0 Å². The van der Waals surface area contributed by atoms with Crippen LogP contribution < -0.4 is 10.2 Å². The number of hydrogen-bond acceptors (Lipinski definition) is 4. The molecule has 1 rings (SSSR count). The van der Waals surface area contributed by atoms with Gasteiger partial charge < -0.3 is 19.8 Å². The van der Waals surface area contributed by atoms with Crippen molar-refractivity contribution in [3.8, 4) is 0 Å². The van der Waals surface area contributed by atoms with Crippen LogP contribution >= 0.6 is 0 Å². The van der Waals surface area contributed by atoms with E-state index in [4.69, 9.17) is 0 Å². The number of rotatable bonds is 3. The SMILES string of the molecule is Cc1cc(C(C)(C)C)cc(C)c1C(C(=O)[O-])C(=O)[O-].[Ba+2]. The monoisotopic (exact) mass is 400 g/mol. The molecule has 0 radical (unpaired) electrons. The van der Waals surface area contributed by atoms with Crippen LogP contribution in [0.2, 0.25) is 0 Å². The summed E-state index contributed by atoms with van der Waals surface area (Å²) < 4.78 is 0. The second-order valence-electron chi connectivity index (χ2n) is 5.84. The smallest absolute Gasteiger partial charge is 0.549 e. The Bertz CT molecular complexity index is 492. The van der Waals surface area contributed by atoms with E-state index in [0.717, 1.165) is 5.56 Å². The molecule has 0 aliphatic rings. The van der Waals surface area contributed by atoms with Gasteiger partial charge in [0.15, 0.2) is 0 Å². The number of carbonyl (C=O) groups is 2. The molecule has 0 aliphatic carbocycles. The van der Waals surface area contributed by atoms with Gasteiger partial charge in [-0.25, -0.2) is 0 Å². The second-order valence-corrected chi connectivity index (χ2v) is 5.84. The molecule has 0 aromatic heterocycles. The molecule has 0 spiro atoms. The quantitative estimate of drug-likeness (QED) is 0.521. The maximum absolute atomic E-state index is 11.0. The number of benzene rings is 1. The van der Waals surface area contributed by atoms with E-state index in [1.165, 1.54) is 0 Å². The fourth-order valence-electron chi connectivity index (χ4n) is 2.19. The number of hydrogen-bond donors (Lipinski definition) is 0. The number of aryl methyl sites for hydroxylation is 2. The van der Waals surface area contributed by atoms with Gasteiger partial charge in [-0.15, -0.1) is 0 Å². The van der Waals surface area contributed by atoms with E-state index in [2.05, 4.69) is 0 Å². The molecule has 0 saturated carbocycles. The van der Waals surface area contributed by atoms with Crippen molar-refractivity contribution >= 4 is 60.8 Å². The zero-order valence-corrected chi connectivity index (χ0v) is 17.0. The molecule has 1 aromatic rings. The third-order valence-corrected chi connectivity index (χ3v) is 3.22. The zero-order valence-electron chi connectivity index (χ0n) is 12.6. The van der Waals surface area contributed by atoms with Crippen molar-refractivity contribution in [3.05, 3.63) is 34.4 Å². The van der Waals surface area contributed by atoms with Gasteiger partial charge in [-0.05, 0) is 41.5 Å². The van der Waals surface area contributed by atoms with E-state index < -0.39 is 17.9 Å². The minimum Gasteiger partial charge on any atom is -0.549 e. The molecule has 0 N–H and O–H groups in total. The van der Waals surface area contributed by atoms with Gasteiger partial charge in [-0.2, -0.15) is 0 Å². The maximum Gasteiger partial charge on any atom is 2.00 e. The van der Waals surface area contributed by atoms with E-state index in [1.54, 1.807) is 13.8 Å². The predicted octanol–water partition coefficient (Wildman–Crippen LogP) is -0.196. The summed E-state index contributed by atoms with van der Waals surface area (Å²) in [5, 5.41) is 22.0. The molecule has 0 unspecified atom stereocenters. The molecular weight excluding hydrogens is 381 g/mol. The first kappa shape index (κ1) is 19.7. The number of aliphatic carboxylic acids is 2. The molecular formula is C15H18BaO4. The predicted molar refractivity (Wildman–Crippen MR) is 73.1 cm³/mol. The fourth-order valence-corrected chi connectivity index (χ4v) is 2.19. The molecule has 0 fully saturated rings. The number of carboxylic acids is 2. The van der Waals surface area contributed by atoms with Gasteiger partial charge in [0.1, 0.15) is 0 Å². The third-order valence-electron chi connectivity index (χ3n) is 3.22. The molecule has 0 bridgehead atoms. The summed E-state index contributed by atoms with van der Waals surface area (Å²) in [6.45, 7) is 9.52. The molecule has 0 atom stereocenters. The van der Waals surface area contributed by atoms with Crippen LogP contribution in [0.1, 0.15) is 48.9 Å². The average Bonchev–Trinajstić information content (AvgIpc) is 2.20. The van der Waals surface area contributed by atoms with E-state index >= 15 is 0 Å². The van der Waals surface area contributed by atoms with Crippen molar-refractivity contribution in [2.75, 3.05) is 0 Å². The Morgan fingerprint density at radius 1 is 1.00 bits per heavy atom. The molecule has 1 aromatic carbocycles. The molecule has 0 amide bonds. The van der Waals surface area contributed by atoms with Crippen molar-refractivity contribution in [1.82, 2.24) is 0 Å². The maximum atomic E-state index is 11.0. The van der Waals surface area contributed by atoms with Crippen molar-refractivity contribution in [2.45, 2.75) is 46.0 Å². The van der Waals surface area contributed by atoms with Crippen LogP contribution in [-0.4, -0.2) is 60.8 Å². The first-order chi connectivity index (χ1) is 8.55. The first-order valence-corrected chi connectivity index (χ1v) is 6.09. The van der Waals surface area contributed by atoms with E-state index in [9.17, 15) is 19.8 Å². The minimum absolute atomic E-state index is 0. The van der Waals surface area contributed by atoms with Gasteiger partial charge >= 0.3 is 48.9 Å². The summed E-state index contributed by atoms with van der Waals surface area (Å²) in [4.78, 5) is 22.0. The molecule has 20 heavy (non-hydrogen) atoms. The van der Waals surface area contributed by atoms with Crippen LogP contribution in [0.15, 0.2) is 12.1 Å². The molecule has 0 aliphatic heterocycles. The molecule has 0 saturated heterocycles. The number of carboxylic acid groups (broad SMARTS) is 2. The van der Waals surface area contributed by atoms with Crippen LogP contribution in [-0.2, 0) is 15.0 Å². The average molecular weight is 400 g/mol. The Morgan fingerprint density at radius 3 is 1.60 bits per heavy atom. The van der Waals surface area contributed by atoms with Gasteiger partial charge in [0.25, 0.3) is 0 Å². The van der Waals surface area contributed by atoms with Crippen LogP contribution in [0.5, 0.6) is 0 Å². The van der Waals surface area contributed by atoms with Crippen molar-refractivity contribution in [2.24, 2.45) is 0 Å². The summed E-state index contributed by atoms with van der Waals surface area (Å²) in [6.07, 6.45) is 0. The van der Waals surface area contributed by atoms with Crippen LogP contribution in [0, 0.1) is 13.8 Å². The van der Waals surface area contributed by atoms with Crippen molar-refractivity contribution in [1.29, 1.82) is 0 Å². The Kier molecular flexibility index (Phi) is 7.04. The van der Waals surface area contributed by atoms with E-state index in [-0.39, 0.29) is 59.9 Å². The van der Waals surface area contributed by atoms with Gasteiger partial charge in [0.2, 0.25) is 0 Å². The first-order valence-electron chi connectivity index (χ1n) is 6.09. The van der Waals surface area contributed by atoms with Crippen LogP contribution in [0.3, 0.4) is 0 Å². The zero-order chi connectivity index (χ0) is 15.0. The van der Waals surface area contributed by atoms with Gasteiger partial charge in [0.05, 0.1) is 17.9 Å². The van der Waals surface area contributed by atoms with Crippen molar-refractivity contribution in [3.63, 3.8) is 0 Å². The fraction of sp³-hybridized carbons (Fsp3) is 0.467. The van der Waals surface area contributed by atoms with E-state index in [0.29, 0.717) is 11.1 Å². The third kappa shape index (κ3) is 4.36. The summed E-state index contributed by atoms with van der Waals surface area (Å²) >= 11 is 0. The number of carbonyl (C=O) groups excluding carboxylic acids is 2. The molecule has 104 valence electrons. The molecule has 5 heteroatoms. The molecule has 4 nitrogen and oxygen atoms in total. The summed E-state index contributed by atoms with van der Waals surface area (Å²) in [7, 11) is 0. The Balaban J connectivity index is 0.00000361. The Hall–Kier alpha value is -0.269. The normalized spacial score (nSPS) is 11.1. The summed E-state index contributed by atoms with van der Waals surface area (Å²) in [5.74, 6) is -5.02. The van der Waals surface area contributed by atoms with E-state index in [1.807, 2.05) is 32.9 Å². The van der Waals surface area contributed by atoms with Crippen LogP contribution in [0.25, 0.3) is 0 Å². The largest absolute Gasteiger partial charge is 2.00 e. The Labute approximate surface area is 159 Å².